The molecule has 0 saturated carbocycles. The zero-order chi connectivity index (χ0) is 12.5. The third-order valence-electron chi connectivity index (χ3n) is 2.53. The molecule has 3 N–H and O–H groups in total. The van der Waals surface area contributed by atoms with E-state index in [4.69, 9.17) is 5.73 Å². The monoisotopic (exact) mass is 276 g/mol. The summed E-state index contributed by atoms with van der Waals surface area (Å²) < 4.78 is 39.6. The van der Waals surface area contributed by atoms with E-state index in [1.807, 2.05) is 0 Å². The van der Waals surface area contributed by atoms with Gasteiger partial charge in [0.1, 0.15) is 5.82 Å². The fourth-order valence-corrected chi connectivity index (χ4v) is 4.13. The smallest absolute Gasteiger partial charge is 0.240 e. The Bertz CT molecular complexity index is 513. The van der Waals surface area contributed by atoms with Gasteiger partial charge in [-0.15, -0.1) is 0 Å². The second-order valence-corrected chi connectivity index (χ2v) is 6.73. The van der Waals surface area contributed by atoms with Gasteiger partial charge in [0, 0.05) is 11.8 Å². The van der Waals surface area contributed by atoms with E-state index >= 15 is 0 Å². The molecule has 1 aromatic rings. The second kappa shape index (κ2) is 4.83. The van der Waals surface area contributed by atoms with Gasteiger partial charge in [-0.1, -0.05) is 0 Å². The summed E-state index contributed by atoms with van der Waals surface area (Å²) in [4.78, 5) is -0.0823. The highest BCUT2D eigenvalue weighted by atomic mass is 32.2. The highest BCUT2D eigenvalue weighted by Gasteiger charge is 2.23. The van der Waals surface area contributed by atoms with E-state index in [2.05, 4.69) is 4.72 Å². The van der Waals surface area contributed by atoms with Crippen molar-refractivity contribution in [3.05, 3.63) is 24.0 Å². The average Bonchev–Trinajstić information content (AvgIpc) is 2.73. The van der Waals surface area contributed by atoms with Crippen molar-refractivity contribution in [2.75, 3.05) is 17.2 Å². The van der Waals surface area contributed by atoms with Crippen LogP contribution < -0.4 is 10.5 Å². The molecular weight excluding hydrogens is 263 g/mol. The van der Waals surface area contributed by atoms with Crippen molar-refractivity contribution >= 4 is 27.5 Å². The Labute approximate surface area is 104 Å². The molecule has 0 aromatic heterocycles. The van der Waals surface area contributed by atoms with Crippen LogP contribution in [0.3, 0.4) is 0 Å². The number of anilines is 1. The van der Waals surface area contributed by atoms with Crippen LogP contribution in [0.1, 0.15) is 6.42 Å². The number of nitrogens with one attached hydrogen (secondary N) is 1. The maximum atomic E-state index is 13.2. The van der Waals surface area contributed by atoms with Crippen molar-refractivity contribution in [3.8, 4) is 0 Å². The number of sulfonamides is 1. The number of rotatable bonds is 3. The van der Waals surface area contributed by atoms with Gasteiger partial charge in [0.15, 0.2) is 0 Å². The molecule has 1 atom stereocenters. The van der Waals surface area contributed by atoms with Crippen molar-refractivity contribution in [1.29, 1.82) is 0 Å². The van der Waals surface area contributed by atoms with Crippen LogP contribution in [0, 0.1) is 5.82 Å². The standard InChI is InChI=1S/C10H13FN2O2S2/c11-9-5-8(1-2-10(9)12)17(14,15)13-7-3-4-16-6-7/h1-2,5,7,13H,3-4,6,12H2. The summed E-state index contributed by atoms with van der Waals surface area (Å²) in [6, 6.07) is 3.45. The van der Waals surface area contributed by atoms with Crippen LogP contribution >= 0.6 is 11.8 Å². The van der Waals surface area contributed by atoms with Gasteiger partial charge in [-0.05, 0) is 30.4 Å². The van der Waals surface area contributed by atoms with E-state index in [1.54, 1.807) is 11.8 Å². The lowest BCUT2D eigenvalue weighted by atomic mass is 10.3. The first-order valence-electron chi connectivity index (χ1n) is 5.14. The van der Waals surface area contributed by atoms with E-state index in [-0.39, 0.29) is 16.6 Å². The molecule has 0 aliphatic carbocycles. The largest absolute Gasteiger partial charge is 0.396 e. The van der Waals surface area contributed by atoms with Gasteiger partial charge in [-0.2, -0.15) is 11.8 Å². The molecule has 7 heteroatoms. The highest BCUT2D eigenvalue weighted by molar-refractivity contribution is 7.99. The Hall–Kier alpha value is -0.790. The number of nitrogen functional groups attached to an aromatic ring is 1. The molecule has 94 valence electrons. The molecule has 1 unspecified atom stereocenters. The minimum Gasteiger partial charge on any atom is -0.396 e. The zero-order valence-corrected chi connectivity index (χ0v) is 10.7. The molecule has 0 spiro atoms. The minimum atomic E-state index is -3.64. The number of benzene rings is 1. The lowest BCUT2D eigenvalue weighted by Gasteiger charge is -2.12. The van der Waals surface area contributed by atoms with Crippen LogP contribution in [0.4, 0.5) is 10.1 Å². The molecule has 1 aromatic carbocycles. The maximum Gasteiger partial charge on any atom is 0.240 e. The molecule has 0 amide bonds. The van der Waals surface area contributed by atoms with Crippen LogP contribution in [0.25, 0.3) is 0 Å². The molecule has 0 radical (unpaired) electrons. The Kier molecular flexibility index (Phi) is 3.60. The molecule has 1 heterocycles. The summed E-state index contributed by atoms with van der Waals surface area (Å²) in [5, 5.41) is 0. The third-order valence-corrected chi connectivity index (χ3v) is 5.21. The fraction of sp³-hybridized carbons (Fsp3) is 0.400. The van der Waals surface area contributed by atoms with E-state index in [0.717, 1.165) is 24.0 Å². The quantitative estimate of drug-likeness (QED) is 0.814. The van der Waals surface area contributed by atoms with E-state index < -0.39 is 15.8 Å². The zero-order valence-electron chi connectivity index (χ0n) is 9.02. The number of thioether (sulfide) groups is 1. The van der Waals surface area contributed by atoms with Gasteiger partial charge in [0.25, 0.3) is 0 Å². The van der Waals surface area contributed by atoms with Crippen molar-refractivity contribution < 1.29 is 12.8 Å². The Morgan fingerprint density at radius 1 is 1.47 bits per heavy atom. The summed E-state index contributed by atoms with van der Waals surface area (Å²) in [7, 11) is -3.64. The molecule has 4 nitrogen and oxygen atoms in total. The van der Waals surface area contributed by atoms with Gasteiger partial charge < -0.3 is 5.73 Å². The van der Waals surface area contributed by atoms with Crippen molar-refractivity contribution in [1.82, 2.24) is 4.72 Å². The SMILES string of the molecule is Nc1ccc(S(=O)(=O)NC2CCSC2)cc1F. The first-order valence-corrected chi connectivity index (χ1v) is 7.78. The molecule has 1 fully saturated rings. The number of hydrogen-bond acceptors (Lipinski definition) is 4. The van der Waals surface area contributed by atoms with Gasteiger partial charge in [-0.3, -0.25) is 0 Å². The molecule has 1 aliphatic heterocycles. The highest BCUT2D eigenvalue weighted by Crippen LogP contribution is 2.21. The number of nitrogens with two attached hydrogens (primary N) is 1. The Morgan fingerprint density at radius 3 is 2.82 bits per heavy atom. The van der Waals surface area contributed by atoms with Crippen LogP contribution in [0.2, 0.25) is 0 Å². The van der Waals surface area contributed by atoms with Crippen LogP contribution in [-0.4, -0.2) is 26.0 Å². The number of halogens is 1. The van der Waals surface area contributed by atoms with Gasteiger partial charge in [-0.25, -0.2) is 17.5 Å². The van der Waals surface area contributed by atoms with E-state index in [1.165, 1.54) is 12.1 Å². The van der Waals surface area contributed by atoms with Gasteiger partial charge in [0.05, 0.1) is 10.6 Å². The molecular formula is C10H13FN2O2S2. The van der Waals surface area contributed by atoms with Gasteiger partial charge in [0.2, 0.25) is 10.0 Å². The summed E-state index contributed by atoms with van der Waals surface area (Å²) in [5.74, 6) is 0.994. The van der Waals surface area contributed by atoms with Crippen molar-refractivity contribution in [3.63, 3.8) is 0 Å². The predicted octanol–water partition coefficient (Wildman–Crippen LogP) is 1.19. The van der Waals surface area contributed by atoms with Crippen LogP contribution in [-0.2, 0) is 10.0 Å². The summed E-state index contributed by atoms with van der Waals surface area (Å²) in [6.07, 6.45) is 0.807. The minimum absolute atomic E-state index is 0.0552. The van der Waals surface area contributed by atoms with E-state index in [0.29, 0.717) is 0 Å². The Morgan fingerprint density at radius 2 is 2.24 bits per heavy atom. The van der Waals surface area contributed by atoms with Crippen LogP contribution in [0.5, 0.6) is 0 Å². The number of hydrogen-bond donors (Lipinski definition) is 2. The molecule has 2 rings (SSSR count). The van der Waals surface area contributed by atoms with Gasteiger partial charge >= 0.3 is 0 Å². The van der Waals surface area contributed by atoms with Crippen LogP contribution in [0.15, 0.2) is 23.1 Å². The molecule has 0 bridgehead atoms. The summed E-state index contributed by atoms with van der Waals surface area (Å²) in [5.41, 5.74) is 5.25. The average molecular weight is 276 g/mol. The first-order chi connectivity index (χ1) is 7.99. The Balaban J connectivity index is 2.21. The topological polar surface area (TPSA) is 72.2 Å². The molecule has 1 aliphatic rings. The first kappa shape index (κ1) is 12.7. The van der Waals surface area contributed by atoms with Crippen molar-refractivity contribution in [2.45, 2.75) is 17.4 Å². The second-order valence-electron chi connectivity index (χ2n) is 3.87. The van der Waals surface area contributed by atoms with E-state index in [9.17, 15) is 12.8 Å². The summed E-state index contributed by atoms with van der Waals surface area (Å²) >= 11 is 1.70. The molecule has 1 saturated heterocycles. The maximum absolute atomic E-state index is 13.2. The molecule has 17 heavy (non-hydrogen) atoms. The normalized spacial score (nSPS) is 20.6. The predicted molar refractivity (Wildman–Crippen MR) is 66.9 cm³/mol. The van der Waals surface area contributed by atoms with Crippen molar-refractivity contribution in [2.24, 2.45) is 0 Å². The lowest BCUT2D eigenvalue weighted by Crippen LogP contribution is -2.34. The lowest BCUT2D eigenvalue weighted by molar-refractivity contribution is 0.560. The fourth-order valence-electron chi connectivity index (χ4n) is 1.59. The third kappa shape index (κ3) is 2.91. The summed E-state index contributed by atoms with van der Waals surface area (Å²) in [6.45, 7) is 0.